The number of ketones is 3. The first kappa shape index (κ1) is 76.7. The fourth-order valence-corrected chi connectivity index (χ4v) is 12.1. The van der Waals surface area contributed by atoms with Gasteiger partial charge in [0, 0.05) is 82.6 Å². The van der Waals surface area contributed by atoms with Crippen molar-refractivity contribution in [1.82, 2.24) is 10.2 Å². The van der Waals surface area contributed by atoms with Crippen molar-refractivity contribution in [3.8, 4) is 12.3 Å². The number of carbonyl (C=O) groups is 8. The third-order valence-electron chi connectivity index (χ3n) is 17.8. The van der Waals surface area contributed by atoms with Gasteiger partial charge in [0.05, 0.1) is 37.4 Å². The number of nitrogens with one attached hydrogen (secondary N) is 3. The van der Waals surface area contributed by atoms with Gasteiger partial charge in [-0.1, -0.05) is 77.0 Å². The second-order valence-electron chi connectivity index (χ2n) is 24.9. The van der Waals surface area contributed by atoms with Gasteiger partial charge >= 0.3 is 11.9 Å². The number of benzene rings is 1. The Labute approximate surface area is 537 Å². The molecule has 3 heterocycles. The second-order valence-corrected chi connectivity index (χ2v) is 24.9. The summed E-state index contributed by atoms with van der Waals surface area (Å²) in [7, 11) is 4.52. The number of methoxy groups -OCH3 is 3. The molecule has 16 atom stereocenters. The normalized spacial score (nSPS) is 32.0. The lowest BCUT2D eigenvalue weighted by Crippen LogP contribution is -2.61. The first-order valence-electron chi connectivity index (χ1n) is 31.9. The number of aliphatic hydroxyl groups excluding tert-OH is 2. The number of carbonyl (C=O) groups excluding carboxylic acids is 8. The van der Waals surface area contributed by atoms with Gasteiger partial charge in [-0.3, -0.25) is 39.0 Å². The summed E-state index contributed by atoms with van der Waals surface area (Å²) in [5, 5.41) is 46.3. The number of piperidine rings is 1. The Bertz CT molecular complexity index is 2810. The molecule has 8 N–H and O–H groups in total. The number of anilines is 1. The van der Waals surface area contributed by atoms with E-state index in [1.54, 1.807) is 72.3 Å². The Hall–Kier alpha value is -6.71. The van der Waals surface area contributed by atoms with Crippen molar-refractivity contribution in [2.24, 2.45) is 41.2 Å². The quantitative estimate of drug-likeness (QED) is 0.0233. The fourth-order valence-electron chi connectivity index (χ4n) is 12.1. The molecule has 5 rings (SSSR count). The number of fused-ring (bicyclic) bond motifs is 3. The van der Waals surface area contributed by atoms with Crippen LogP contribution in [0.1, 0.15) is 157 Å². The Kier molecular flexibility index (Phi) is 31.8. The number of hydrogen-bond acceptors (Lipinski definition) is 18. The maximum atomic E-state index is 14.4. The number of ether oxygens (including phenoxy) is 6. The van der Waals surface area contributed by atoms with Crippen molar-refractivity contribution < 1.29 is 82.1 Å². The molecule has 22 nitrogen and oxygen atoms in total. The summed E-state index contributed by atoms with van der Waals surface area (Å²) in [6.45, 7) is 14.6. The van der Waals surface area contributed by atoms with Crippen molar-refractivity contribution >= 4 is 58.5 Å². The average molecular weight is 1270 g/mol. The number of cyclic esters (lactones) is 1. The lowest BCUT2D eigenvalue weighted by molar-refractivity contribution is -0.265. The second kappa shape index (κ2) is 37.7. The molecule has 22 heteroatoms. The van der Waals surface area contributed by atoms with E-state index in [0.29, 0.717) is 74.6 Å². The zero-order valence-electron chi connectivity index (χ0n) is 55.1. The summed E-state index contributed by atoms with van der Waals surface area (Å²) in [6.07, 6.45) is 16.2. The van der Waals surface area contributed by atoms with E-state index in [4.69, 9.17) is 46.0 Å². The van der Waals surface area contributed by atoms with Crippen molar-refractivity contribution in [3.63, 3.8) is 0 Å². The highest BCUT2D eigenvalue weighted by atomic mass is 16.6. The number of Topliss-reactive ketones (excluding diaryl/α,β-unsaturated/α-hetero) is 3. The molecule has 0 spiro atoms. The Morgan fingerprint density at radius 2 is 1.57 bits per heavy atom. The monoisotopic (exact) mass is 1270 g/mol. The van der Waals surface area contributed by atoms with Crippen LogP contribution in [0.4, 0.5) is 5.69 Å². The molecule has 0 radical (unpaired) electrons. The number of amides is 3. The van der Waals surface area contributed by atoms with Gasteiger partial charge in [0.1, 0.15) is 42.0 Å². The molecule has 0 aromatic heterocycles. The molecule has 0 unspecified atom stereocenters. The van der Waals surface area contributed by atoms with Gasteiger partial charge in [0.25, 0.3) is 11.7 Å². The van der Waals surface area contributed by atoms with E-state index >= 15 is 0 Å². The van der Waals surface area contributed by atoms with Crippen LogP contribution < -0.4 is 16.4 Å². The van der Waals surface area contributed by atoms with Crippen LogP contribution in [0, 0.1) is 53.3 Å². The van der Waals surface area contributed by atoms with E-state index in [-0.39, 0.29) is 92.4 Å². The van der Waals surface area contributed by atoms with Gasteiger partial charge in [0.2, 0.25) is 17.6 Å². The highest BCUT2D eigenvalue weighted by Crippen LogP contribution is 2.38. The fraction of sp³-hybridized carbons (Fsp3) is 0.638. The van der Waals surface area contributed by atoms with Crippen LogP contribution in [0.25, 0.3) is 0 Å². The van der Waals surface area contributed by atoms with Crippen LogP contribution in [0.2, 0.25) is 0 Å². The minimum absolute atomic E-state index is 0.0193. The molecule has 91 heavy (non-hydrogen) atoms. The molecule has 3 amide bonds. The number of allylic oxidation sites excluding steroid dienone is 6. The first-order valence-corrected chi connectivity index (χ1v) is 31.9. The standard InChI is InChI=1S/C51H79NO13.C18H22N4O4/c1-30-16-12-11-13-17-31(2)42(61-8)28-38-21-19-36(7)51(60,65-38)48(57)49(58)52-23-15-14-18-39(52)50(59)64-43(33(4)26-37-20-22-40(53)44(27-37)62-9)29-41(54)32(3)25-35(6)46(56)47(63-10)45(55)34(5)24-30;1-3-13(11-17(25)26-4-2)21-15(23)9-10-16(24)22-14-7-5-12(6-8-14)18(19)20/h11-13,16-17,25,30,32-34,36-40,42-44,46-47,53,56,60H,14-15,18-24,26-29H2,1-10H3;1,5-8,13H,4,9-11H2,2H3,(H3,19,20)(H,21,23)(H,22,24)/b13-11+,16-12+,31-17+,35-25+;/t30-,32-,33-,34-,36-,37+,38+,39+,40-,42+,43+,44-,46-,47+,51-;13-/m11/s1. The van der Waals surface area contributed by atoms with Crippen LogP contribution in [0.3, 0.4) is 0 Å². The Balaban J connectivity index is 0.000000567. The van der Waals surface area contributed by atoms with E-state index in [1.165, 1.54) is 12.0 Å². The number of aliphatic hydroxyl groups is 3. The molecule has 1 aliphatic carbocycles. The van der Waals surface area contributed by atoms with Gasteiger partial charge in [-0.25, -0.2) is 4.79 Å². The average Bonchev–Trinajstić information content (AvgIpc) is 0.800. The minimum Gasteiger partial charge on any atom is -0.466 e. The zero-order chi connectivity index (χ0) is 67.7. The van der Waals surface area contributed by atoms with Crippen LogP contribution in [-0.4, -0.2) is 168 Å². The molecule has 504 valence electrons. The summed E-state index contributed by atoms with van der Waals surface area (Å²) in [4.78, 5) is 107. The van der Waals surface area contributed by atoms with Crippen LogP contribution in [0.15, 0.2) is 71.9 Å². The molecule has 2 bridgehead atoms. The number of esters is 2. The van der Waals surface area contributed by atoms with E-state index in [2.05, 4.69) is 16.6 Å². The van der Waals surface area contributed by atoms with Crippen molar-refractivity contribution in [1.29, 1.82) is 5.41 Å². The predicted octanol–water partition coefficient (Wildman–Crippen LogP) is 6.94. The molecule has 3 fully saturated rings. The molecular weight excluding hydrogens is 1170 g/mol. The van der Waals surface area contributed by atoms with Crippen molar-refractivity contribution in [2.75, 3.05) is 39.8 Å². The van der Waals surface area contributed by atoms with Gasteiger partial charge in [-0.2, -0.15) is 0 Å². The van der Waals surface area contributed by atoms with E-state index in [0.717, 1.165) is 12.0 Å². The van der Waals surface area contributed by atoms with Crippen LogP contribution >= 0.6 is 0 Å². The molecular formula is C69H101N5O17. The first-order chi connectivity index (χ1) is 43.1. The molecule has 3 aliphatic heterocycles. The molecule has 1 aromatic rings. The molecule has 1 aromatic carbocycles. The molecule has 2 saturated heterocycles. The maximum Gasteiger partial charge on any atom is 0.329 e. The number of hydrogen-bond donors (Lipinski definition) is 7. The van der Waals surface area contributed by atoms with E-state index < -0.39 is 102 Å². The summed E-state index contributed by atoms with van der Waals surface area (Å²) in [5.74, 6) is -7.00. The van der Waals surface area contributed by atoms with Crippen LogP contribution in [0.5, 0.6) is 0 Å². The predicted molar refractivity (Wildman–Crippen MR) is 342 cm³/mol. The molecule has 1 saturated carbocycles. The largest absolute Gasteiger partial charge is 0.466 e. The van der Waals surface area contributed by atoms with Gasteiger partial charge in [-0.05, 0) is 138 Å². The highest BCUT2D eigenvalue weighted by Gasteiger charge is 2.53. The Morgan fingerprint density at radius 3 is 2.21 bits per heavy atom. The number of terminal acetylenes is 1. The van der Waals surface area contributed by atoms with Gasteiger partial charge in [-0.15, -0.1) is 6.42 Å². The van der Waals surface area contributed by atoms with Crippen molar-refractivity contribution in [2.45, 2.75) is 212 Å². The van der Waals surface area contributed by atoms with Crippen molar-refractivity contribution in [3.05, 3.63) is 77.4 Å². The number of rotatable bonds is 15. The summed E-state index contributed by atoms with van der Waals surface area (Å²) < 4.78 is 34.1. The zero-order valence-corrected chi connectivity index (χ0v) is 55.1. The van der Waals surface area contributed by atoms with E-state index in [9.17, 15) is 53.7 Å². The topological polar surface area (TPSA) is 330 Å². The van der Waals surface area contributed by atoms with Gasteiger partial charge < -0.3 is 65.0 Å². The Morgan fingerprint density at radius 1 is 0.879 bits per heavy atom. The van der Waals surface area contributed by atoms with Crippen LogP contribution in [-0.2, 0) is 66.8 Å². The summed E-state index contributed by atoms with van der Waals surface area (Å²) in [6, 6.07) is 4.53. The highest BCUT2D eigenvalue weighted by molar-refractivity contribution is 6.39. The van der Waals surface area contributed by atoms with E-state index in [1.807, 2.05) is 58.1 Å². The summed E-state index contributed by atoms with van der Waals surface area (Å²) in [5.41, 5.74) is 7.70. The number of amidine groups is 1. The SMILES string of the molecule is C#C[C@H](CC(=O)OCC)NC(=O)CCC(=O)Nc1ccc(C(=N)N)cc1.CO[C@H]1C[C@@H]2CC[C@@H](C)[C@@](O)(O2)C(=O)C(=O)N2CCCC[C@H]2C(=O)O[C@H]([C@H](C)C[C@@H]2CC[C@@H](O)[C@H](OC)C2)CC(=O)[C@H](C)/C=C(\C)[C@@H](O)[C@@H](OC)C(=O)[C@H](C)C[C@H](C)/C=C/C=C/C=C/1C. The number of nitrogens with two attached hydrogens (primary N) is 1. The summed E-state index contributed by atoms with van der Waals surface area (Å²) >= 11 is 0. The minimum atomic E-state index is -2.43. The smallest absolute Gasteiger partial charge is 0.329 e. The van der Waals surface area contributed by atoms with Gasteiger partial charge in [0.15, 0.2) is 5.78 Å². The lowest BCUT2D eigenvalue weighted by Gasteiger charge is -2.42. The number of nitrogen functional groups attached to an aromatic ring is 1. The third-order valence-corrected chi connectivity index (χ3v) is 17.8. The third kappa shape index (κ3) is 23.4. The lowest BCUT2D eigenvalue weighted by atomic mass is 9.78. The maximum absolute atomic E-state index is 14.4. The molecule has 4 aliphatic rings. The number of nitrogens with zero attached hydrogens (tertiary/aromatic N) is 1.